The van der Waals surface area contributed by atoms with Gasteiger partial charge in [-0.05, 0) is 37.5 Å². The number of rotatable bonds is 4. The van der Waals surface area contributed by atoms with E-state index in [1.165, 1.54) is 17.4 Å². The van der Waals surface area contributed by atoms with Gasteiger partial charge < -0.3 is 9.64 Å². The third kappa shape index (κ3) is 3.50. The standard InChI is InChI=1S/C18H20FNO4S2/c19-15-4-1-5-16-14(15)9-17(25-16)18(21)20(10-13-3-2-7-24-13)12-6-8-26(22,23)11-12/h1,4-5,9,12-13H,2-3,6-8,10-11H2/t12-,13-/m0/s1. The van der Waals surface area contributed by atoms with Gasteiger partial charge in [-0.1, -0.05) is 6.07 Å². The second kappa shape index (κ2) is 6.90. The predicted molar refractivity (Wildman–Crippen MR) is 98.9 cm³/mol. The maximum atomic E-state index is 14.0. The molecule has 0 radical (unpaired) electrons. The molecular weight excluding hydrogens is 377 g/mol. The van der Waals surface area contributed by atoms with Crippen molar-refractivity contribution in [2.75, 3.05) is 24.7 Å². The average molecular weight is 397 g/mol. The van der Waals surface area contributed by atoms with Crippen LogP contribution in [-0.4, -0.2) is 56.0 Å². The molecule has 8 heteroatoms. The number of ether oxygens (including phenoxy) is 1. The van der Waals surface area contributed by atoms with Gasteiger partial charge in [-0.25, -0.2) is 12.8 Å². The molecule has 2 saturated heterocycles. The Hall–Kier alpha value is -1.51. The van der Waals surface area contributed by atoms with E-state index in [1.54, 1.807) is 23.1 Å². The van der Waals surface area contributed by atoms with Gasteiger partial charge in [0.2, 0.25) is 0 Å². The largest absolute Gasteiger partial charge is 0.376 e. The SMILES string of the molecule is O=C(c1cc2c(F)cccc2s1)N(C[C@@H]1CCCO1)[C@H]1CCS(=O)(=O)C1. The Kier molecular flexibility index (Phi) is 4.75. The van der Waals surface area contributed by atoms with Crippen LogP contribution in [0.25, 0.3) is 10.1 Å². The number of benzene rings is 1. The highest BCUT2D eigenvalue weighted by Gasteiger charge is 2.37. The molecule has 5 nitrogen and oxygen atoms in total. The molecule has 0 bridgehead atoms. The Bertz CT molecular complexity index is 934. The van der Waals surface area contributed by atoms with E-state index < -0.39 is 9.84 Å². The van der Waals surface area contributed by atoms with Crippen LogP contribution in [0.2, 0.25) is 0 Å². The minimum Gasteiger partial charge on any atom is -0.376 e. The van der Waals surface area contributed by atoms with Crippen molar-refractivity contribution >= 4 is 37.2 Å². The van der Waals surface area contributed by atoms with E-state index in [-0.39, 0.29) is 35.4 Å². The van der Waals surface area contributed by atoms with Gasteiger partial charge in [-0.3, -0.25) is 4.79 Å². The van der Waals surface area contributed by atoms with Gasteiger partial charge in [-0.15, -0.1) is 11.3 Å². The van der Waals surface area contributed by atoms with Gasteiger partial charge in [0.1, 0.15) is 5.82 Å². The Morgan fingerprint density at radius 1 is 1.35 bits per heavy atom. The fraction of sp³-hybridized carbons (Fsp3) is 0.500. The average Bonchev–Trinajstić information content (AvgIpc) is 3.31. The van der Waals surface area contributed by atoms with Crippen molar-refractivity contribution in [1.82, 2.24) is 4.90 Å². The van der Waals surface area contributed by atoms with E-state index in [0.29, 0.717) is 34.5 Å². The number of carbonyl (C=O) groups is 1. The van der Waals surface area contributed by atoms with Gasteiger partial charge >= 0.3 is 0 Å². The smallest absolute Gasteiger partial charge is 0.264 e. The van der Waals surface area contributed by atoms with Gasteiger partial charge in [0.25, 0.3) is 5.91 Å². The summed E-state index contributed by atoms with van der Waals surface area (Å²) < 4.78 is 44.2. The number of hydrogen-bond donors (Lipinski definition) is 0. The molecule has 0 spiro atoms. The van der Waals surface area contributed by atoms with E-state index in [9.17, 15) is 17.6 Å². The molecule has 1 aromatic carbocycles. The van der Waals surface area contributed by atoms with E-state index >= 15 is 0 Å². The van der Waals surface area contributed by atoms with Crippen molar-refractivity contribution in [3.63, 3.8) is 0 Å². The van der Waals surface area contributed by atoms with Crippen LogP contribution in [-0.2, 0) is 14.6 Å². The van der Waals surface area contributed by atoms with Crippen LogP contribution >= 0.6 is 11.3 Å². The van der Waals surface area contributed by atoms with Gasteiger partial charge in [0.05, 0.1) is 22.5 Å². The number of sulfone groups is 1. The summed E-state index contributed by atoms with van der Waals surface area (Å²) in [6, 6.07) is 6.01. The number of thiophene rings is 1. The van der Waals surface area contributed by atoms with E-state index in [2.05, 4.69) is 0 Å². The summed E-state index contributed by atoms with van der Waals surface area (Å²) in [6.07, 6.45) is 2.20. The molecule has 0 aliphatic carbocycles. The van der Waals surface area contributed by atoms with E-state index in [4.69, 9.17) is 4.74 Å². The molecule has 0 unspecified atom stereocenters. The monoisotopic (exact) mass is 397 g/mol. The molecule has 1 amide bonds. The van der Waals surface area contributed by atoms with Crippen molar-refractivity contribution < 1.29 is 22.3 Å². The van der Waals surface area contributed by atoms with E-state index in [0.717, 1.165) is 12.8 Å². The summed E-state index contributed by atoms with van der Waals surface area (Å²) in [5.41, 5.74) is 0. The Morgan fingerprint density at radius 3 is 2.85 bits per heavy atom. The number of amides is 1. The minimum atomic E-state index is -3.11. The molecule has 0 saturated carbocycles. The third-order valence-corrected chi connectivity index (χ3v) is 7.89. The summed E-state index contributed by atoms with van der Waals surface area (Å²) in [6.45, 7) is 1.06. The lowest BCUT2D eigenvalue weighted by Crippen LogP contribution is -2.45. The van der Waals surface area contributed by atoms with Gasteiger partial charge in [0, 0.05) is 29.3 Å². The molecule has 3 heterocycles. The second-order valence-electron chi connectivity index (χ2n) is 6.91. The summed E-state index contributed by atoms with van der Waals surface area (Å²) in [5, 5.41) is 0.428. The van der Waals surface area contributed by atoms with Crippen LogP contribution in [0.5, 0.6) is 0 Å². The number of carbonyl (C=O) groups excluding carboxylic acids is 1. The van der Waals surface area contributed by atoms with Crippen LogP contribution in [0.15, 0.2) is 24.3 Å². The topological polar surface area (TPSA) is 63.7 Å². The van der Waals surface area contributed by atoms with Crippen molar-refractivity contribution in [3.8, 4) is 0 Å². The maximum absolute atomic E-state index is 14.0. The molecular formula is C18H20FNO4S2. The second-order valence-corrected chi connectivity index (χ2v) is 10.2. The zero-order valence-electron chi connectivity index (χ0n) is 14.2. The minimum absolute atomic E-state index is 0.00921. The van der Waals surface area contributed by atoms with Crippen LogP contribution in [0, 0.1) is 5.82 Å². The molecule has 26 heavy (non-hydrogen) atoms. The fourth-order valence-electron chi connectivity index (χ4n) is 3.70. The summed E-state index contributed by atoms with van der Waals surface area (Å²) >= 11 is 1.24. The van der Waals surface area contributed by atoms with Crippen LogP contribution < -0.4 is 0 Å². The number of hydrogen-bond acceptors (Lipinski definition) is 5. The van der Waals surface area contributed by atoms with E-state index in [1.807, 2.05) is 0 Å². The lowest BCUT2D eigenvalue weighted by molar-refractivity contribution is 0.0445. The molecule has 2 fully saturated rings. The Balaban J connectivity index is 1.64. The maximum Gasteiger partial charge on any atom is 0.264 e. The predicted octanol–water partition coefficient (Wildman–Crippen LogP) is 2.85. The normalized spacial score (nSPS) is 25.0. The molecule has 4 rings (SSSR count). The molecule has 140 valence electrons. The molecule has 0 N–H and O–H groups in total. The number of nitrogens with zero attached hydrogens (tertiary/aromatic N) is 1. The highest BCUT2D eigenvalue weighted by molar-refractivity contribution is 7.91. The molecule has 2 atom stereocenters. The highest BCUT2D eigenvalue weighted by Crippen LogP contribution is 2.30. The third-order valence-electron chi connectivity index (χ3n) is 5.05. The number of halogens is 1. The van der Waals surface area contributed by atoms with Crippen molar-refractivity contribution in [3.05, 3.63) is 35.0 Å². The molecule has 2 aromatic rings. The van der Waals surface area contributed by atoms with Crippen LogP contribution in [0.4, 0.5) is 4.39 Å². The first-order chi connectivity index (χ1) is 12.4. The molecule has 2 aliphatic rings. The van der Waals surface area contributed by atoms with Crippen molar-refractivity contribution in [1.29, 1.82) is 0 Å². The zero-order valence-corrected chi connectivity index (χ0v) is 15.8. The Morgan fingerprint density at radius 2 is 2.19 bits per heavy atom. The first kappa shape index (κ1) is 17.9. The van der Waals surface area contributed by atoms with Crippen molar-refractivity contribution in [2.24, 2.45) is 0 Å². The molecule has 1 aromatic heterocycles. The number of fused-ring (bicyclic) bond motifs is 1. The summed E-state index contributed by atoms with van der Waals surface area (Å²) in [5.74, 6) is -0.492. The fourth-order valence-corrected chi connectivity index (χ4v) is 6.46. The van der Waals surface area contributed by atoms with Crippen LogP contribution in [0.1, 0.15) is 28.9 Å². The summed E-state index contributed by atoms with van der Waals surface area (Å²) in [7, 11) is -3.11. The summed E-state index contributed by atoms with van der Waals surface area (Å²) in [4.78, 5) is 15.3. The first-order valence-corrected chi connectivity index (χ1v) is 11.4. The first-order valence-electron chi connectivity index (χ1n) is 8.74. The van der Waals surface area contributed by atoms with Gasteiger partial charge in [-0.2, -0.15) is 0 Å². The quantitative estimate of drug-likeness (QED) is 0.796. The Labute approximate surface area is 155 Å². The lowest BCUT2D eigenvalue weighted by Gasteiger charge is -2.30. The molecule has 2 aliphatic heterocycles. The van der Waals surface area contributed by atoms with Crippen molar-refractivity contribution in [2.45, 2.75) is 31.4 Å². The zero-order chi connectivity index (χ0) is 18.3. The lowest BCUT2D eigenvalue weighted by atomic mass is 10.1. The van der Waals surface area contributed by atoms with Gasteiger partial charge in [0.15, 0.2) is 9.84 Å². The van der Waals surface area contributed by atoms with Crippen LogP contribution in [0.3, 0.4) is 0 Å². The highest BCUT2D eigenvalue weighted by atomic mass is 32.2.